The van der Waals surface area contributed by atoms with E-state index in [1.54, 1.807) is 0 Å². The summed E-state index contributed by atoms with van der Waals surface area (Å²) in [5, 5.41) is 0. The van der Waals surface area contributed by atoms with Gasteiger partial charge in [0.1, 0.15) is 0 Å². The fourth-order valence-corrected chi connectivity index (χ4v) is 5.90. The van der Waals surface area contributed by atoms with E-state index in [0.717, 1.165) is 63.7 Å². The number of aromatic nitrogens is 2. The number of carbonyl (C=O) groups excluding carboxylic acids is 1. The molecule has 4 heterocycles. The lowest BCUT2D eigenvalue weighted by molar-refractivity contribution is 0.0734. The lowest BCUT2D eigenvalue weighted by Gasteiger charge is -2.43. The van der Waals surface area contributed by atoms with Crippen molar-refractivity contribution in [1.29, 1.82) is 0 Å². The second-order valence-electron chi connectivity index (χ2n) is 10.1. The molecule has 0 saturated carbocycles. The van der Waals surface area contributed by atoms with Gasteiger partial charge in [-0.2, -0.15) is 0 Å². The molecule has 0 N–H and O–H groups in total. The van der Waals surface area contributed by atoms with Gasteiger partial charge in [0.25, 0.3) is 5.91 Å². The number of rotatable bonds is 4. The van der Waals surface area contributed by atoms with Crippen LogP contribution in [0, 0.1) is 0 Å². The van der Waals surface area contributed by atoms with E-state index in [9.17, 15) is 4.79 Å². The molecule has 3 aromatic rings. The zero-order chi connectivity index (χ0) is 24.3. The van der Waals surface area contributed by atoms with Crippen LogP contribution >= 0.6 is 0 Å². The number of piperidine rings is 1. The summed E-state index contributed by atoms with van der Waals surface area (Å²) in [6, 6.07) is 19.2. The Kier molecular flexibility index (Phi) is 6.55. The fourth-order valence-electron chi connectivity index (χ4n) is 5.90. The molecular formula is C29H34N6O. The molecule has 2 fully saturated rings. The summed E-state index contributed by atoms with van der Waals surface area (Å²) in [5.74, 6) is 0.980. The summed E-state index contributed by atoms with van der Waals surface area (Å²) in [4.78, 5) is 31.3. The second kappa shape index (κ2) is 10.3. The van der Waals surface area contributed by atoms with Crippen molar-refractivity contribution in [2.24, 2.45) is 0 Å². The number of hydrogen-bond acceptors (Lipinski definition) is 6. The summed E-state index contributed by atoms with van der Waals surface area (Å²) in [6.07, 6.45) is 6.93. The molecule has 2 aromatic carbocycles. The van der Waals surface area contributed by atoms with Crippen molar-refractivity contribution in [1.82, 2.24) is 19.8 Å². The van der Waals surface area contributed by atoms with E-state index in [1.165, 1.54) is 29.7 Å². The lowest BCUT2D eigenvalue weighted by atomic mass is 9.99. The van der Waals surface area contributed by atoms with Crippen LogP contribution < -0.4 is 9.80 Å². The standard InChI is InChI=1S/C29H34N6O/c36-28(35-15-10-23-4-1-2-5-25(23)22-35)24-6-8-26(9-7-24)32-16-11-27(12-17-32)33-18-20-34(21-19-33)29-30-13-3-14-31-29/h1-9,13-14,27H,10-12,15-22H2. The van der Waals surface area contributed by atoms with Crippen LogP contribution in [0.4, 0.5) is 11.6 Å². The van der Waals surface area contributed by atoms with Gasteiger partial charge in [0.05, 0.1) is 0 Å². The van der Waals surface area contributed by atoms with E-state index >= 15 is 0 Å². The highest BCUT2D eigenvalue weighted by Crippen LogP contribution is 2.26. The molecule has 1 aromatic heterocycles. The first-order chi connectivity index (χ1) is 17.7. The Labute approximate surface area is 213 Å². The van der Waals surface area contributed by atoms with Gasteiger partial charge in [-0.1, -0.05) is 24.3 Å². The molecule has 6 rings (SSSR count). The monoisotopic (exact) mass is 482 g/mol. The molecule has 36 heavy (non-hydrogen) atoms. The minimum absolute atomic E-state index is 0.134. The molecule has 1 amide bonds. The zero-order valence-corrected chi connectivity index (χ0v) is 20.8. The number of amides is 1. The smallest absolute Gasteiger partial charge is 0.254 e. The third kappa shape index (κ3) is 4.80. The number of anilines is 2. The van der Waals surface area contributed by atoms with Crippen molar-refractivity contribution in [3.63, 3.8) is 0 Å². The van der Waals surface area contributed by atoms with Crippen LogP contribution in [0.1, 0.15) is 34.3 Å². The summed E-state index contributed by atoms with van der Waals surface area (Å²) in [5.41, 5.74) is 4.65. The molecule has 0 atom stereocenters. The van der Waals surface area contributed by atoms with Crippen LogP contribution in [0.5, 0.6) is 0 Å². The third-order valence-electron chi connectivity index (χ3n) is 8.03. The van der Waals surface area contributed by atoms with Gasteiger partial charge in [0, 0.05) is 82.0 Å². The largest absolute Gasteiger partial charge is 0.371 e. The van der Waals surface area contributed by atoms with Gasteiger partial charge in [0.15, 0.2) is 0 Å². The maximum absolute atomic E-state index is 13.1. The number of carbonyl (C=O) groups is 1. The number of benzene rings is 2. The first-order valence-electron chi connectivity index (χ1n) is 13.2. The maximum Gasteiger partial charge on any atom is 0.254 e. The summed E-state index contributed by atoms with van der Waals surface area (Å²) in [7, 11) is 0. The molecule has 2 saturated heterocycles. The van der Waals surface area contributed by atoms with E-state index in [-0.39, 0.29) is 5.91 Å². The predicted octanol–water partition coefficient (Wildman–Crippen LogP) is 3.47. The molecule has 186 valence electrons. The quantitative estimate of drug-likeness (QED) is 0.568. The normalized spacial score (nSPS) is 19.3. The van der Waals surface area contributed by atoms with Gasteiger partial charge >= 0.3 is 0 Å². The number of nitrogens with zero attached hydrogens (tertiary/aromatic N) is 6. The maximum atomic E-state index is 13.1. The highest BCUT2D eigenvalue weighted by Gasteiger charge is 2.28. The molecule has 0 bridgehead atoms. The van der Waals surface area contributed by atoms with Crippen molar-refractivity contribution in [2.75, 3.05) is 55.6 Å². The Morgan fingerprint density at radius 1 is 0.722 bits per heavy atom. The lowest BCUT2D eigenvalue weighted by Crippen LogP contribution is -2.53. The predicted molar refractivity (Wildman–Crippen MR) is 142 cm³/mol. The SMILES string of the molecule is O=C(c1ccc(N2CCC(N3CCN(c4ncccn4)CC3)CC2)cc1)N1CCc2ccccc2C1. The van der Waals surface area contributed by atoms with E-state index in [0.29, 0.717) is 12.6 Å². The first kappa shape index (κ1) is 23.0. The van der Waals surface area contributed by atoms with Crippen LogP contribution in [0.15, 0.2) is 67.0 Å². The fraction of sp³-hybridized carbons (Fsp3) is 0.414. The minimum Gasteiger partial charge on any atom is -0.371 e. The highest BCUT2D eigenvalue weighted by atomic mass is 16.2. The van der Waals surface area contributed by atoms with E-state index in [2.05, 4.69) is 61.1 Å². The van der Waals surface area contributed by atoms with Crippen LogP contribution in [0.25, 0.3) is 0 Å². The molecule has 7 nitrogen and oxygen atoms in total. The molecule has 7 heteroatoms. The molecule has 3 aliphatic heterocycles. The van der Waals surface area contributed by atoms with Crippen LogP contribution in [0.2, 0.25) is 0 Å². The van der Waals surface area contributed by atoms with Crippen LogP contribution in [0.3, 0.4) is 0 Å². The number of fused-ring (bicyclic) bond motifs is 1. The van der Waals surface area contributed by atoms with Gasteiger partial charge in [0.2, 0.25) is 5.95 Å². The van der Waals surface area contributed by atoms with Crippen molar-refractivity contribution >= 4 is 17.5 Å². The van der Waals surface area contributed by atoms with Crippen molar-refractivity contribution in [3.8, 4) is 0 Å². The van der Waals surface area contributed by atoms with Crippen molar-refractivity contribution < 1.29 is 4.79 Å². The van der Waals surface area contributed by atoms with Gasteiger partial charge in [-0.15, -0.1) is 0 Å². The Morgan fingerprint density at radius 2 is 1.42 bits per heavy atom. The molecule has 0 unspecified atom stereocenters. The first-order valence-corrected chi connectivity index (χ1v) is 13.2. The van der Waals surface area contributed by atoms with Crippen molar-refractivity contribution in [3.05, 3.63) is 83.7 Å². The van der Waals surface area contributed by atoms with Crippen LogP contribution in [-0.4, -0.2) is 77.5 Å². The molecular weight excluding hydrogens is 448 g/mol. The Morgan fingerprint density at radius 3 is 2.14 bits per heavy atom. The third-order valence-corrected chi connectivity index (χ3v) is 8.03. The topological polar surface area (TPSA) is 55.8 Å². The van der Waals surface area contributed by atoms with Crippen LogP contribution in [-0.2, 0) is 13.0 Å². The van der Waals surface area contributed by atoms with Gasteiger partial charge in [-0.25, -0.2) is 9.97 Å². The van der Waals surface area contributed by atoms with E-state index in [1.807, 2.05) is 35.5 Å². The number of hydrogen-bond donors (Lipinski definition) is 0. The van der Waals surface area contributed by atoms with E-state index in [4.69, 9.17) is 0 Å². The second-order valence-corrected chi connectivity index (χ2v) is 10.1. The molecule has 0 spiro atoms. The summed E-state index contributed by atoms with van der Waals surface area (Å²) < 4.78 is 0. The Balaban J connectivity index is 1.00. The molecule has 3 aliphatic rings. The number of piperazine rings is 1. The molecule has 0 radical (unpaired) electrons. The Bertz CT molecular complexity index is 1170. The van der Waals surface area contributed by atoms with Gasteiger partial charge in [-0.05, 0) is 60.7 Å². The van der Waals surface area contributed by atoms with Gasteiger partial charge in [-0.3, -0.25) is 9.69 Å². The zero-order valence-electron chi connectivity index (χ0n) is 20.8. The summed E-state index contributed by atoms with van der Waals surface area (Å²) in [6.45, 7) is 7.73. The van der Waals surface area contributed by atoms with Crippen molar-refractivity contribution in [2.45, 2.75) is 31.8 Å². The van der Waals surface area contributed by atoms with Gasteiger partial charge < -0.3 is 14.7 Å². The molecule has 0 aliphatic carbocycles. The summed E-state index contributed by atoms with van der Waals surface area (Å²) >= 11 is 0. The Hall–Kier alpha value is -3.45. The van der Waals surface area contributed by atoms with E-state index < -0.39 is 0 Å². The average molecular weight is 483 g/mol. The average Bonchev–Trinajstić information content (AvgIpc) is 2.97. The highest BCUT2D eigenvalue weighted by molar-refractivity contribution is 5.94. The minimum atomic E-state index is 0.134.